The molecule has 0 rings (SSSR count). The van der Waals surface area contributed by atoms with Crippen LogP contribution in [0.4, 0.5) is 17.6 Å². The first kappa shape index (κ1) is 27.0. The van der Waals surface area contributed by atoms with Gasteiger partial charge < -0.3 is 14.2 Å². The largest absolute Gasteiger partial charge is 0.410 e. The van der Waals surface area contributed by atoms with Crippen molar-refractivity contribution in [3.8, 4) is 0 Å². The summed E-state index contributed by atoms with van der Waals surface area (Å²) < 4.78 is 76.0. The van der Waals surface area contributed by atoms with Gasteiger partial charge in [0.1, 0.15) is 6.10 Å². The molecule has 0 aliphatic rings. The van der Waals surface area contributed by atoms with Gasteiger partial charge in [-0.25, -0.2) is 0 Å². The van der Waals surface area contributed by atoms with E-state index in [9.17, 15) is 27.2 Å². The number of hydrogen-bond acceptors (Lipinski definition) is 4. The number of alkyl halides is 4. The van der Waals surface area contributed by atoms with Crippen molar-refractivity contribution in [2.75, 3.05) is 14.2 Å². The zero-order chi connectivity index (χ0) is 22.2. The highest BCUT2D eigenvalue weighted by Gasteiger charge is 2.72. The van der Waals surface area contributed by atoms with E-state index in [4.69, 9.17) is 0 Å². The van der Waals surface area contributed by atoms with Crippen LogP contribution < -0.4 is 0 Å². The van der Waals surface area contributed by atoms with E-state index in [1.54, 1.807) is 0 Å². The number of hydrogen-bond donors (Lipinski definition) is 1. The van der Waals surface area contributed by atoms with Gasteiger partial charge in [0.25, 0.3) is 0 Å². The molecule has 0 bridgehead atoms. The van der Waals surface area contributed by atoms with E-state index in [1.807, 2.05) is 26.8 Å². The smallest absolute Gasteiger partial charge is 0.382 e. The van der Waals surface area contributed by atoms with E-state index in [1.165, 1.54) is 12.5 Å². The van der Waals surface area contributed by atoms with Crippen LogP contribution in [-0.2, 0) is 13.6 Å². The number of aliphatic hydroxyl groups is 1. The predicted octanol–water partition coefficient (Wildman–Crippen LogP) is 6.48. The number of halogens is 4. The second kappa shape index (κ2) is 11.3. The molecule has 1 atom stereocenters. The topological polar surface area (TPSA) is 55.8 Å². The Morgan fingerprint density at radius 2 is 1.43 bits per heavy atom. The quantitative estimate of drug-likeness (QED) is 0.219. The molecule has 0 spiro atoms. The number of rotatable bonds is 12. The average molecular weight is 430 g/mol. The van der Waals surface area contributed by atoms with Crippen molar-refractivity contribution in [1.29, 1.82) is 0 Å². The molecule has 0 saturated heterocycles. The molecule has 0 fully saturated rings. The minimum atomic E-state index is -5.44. The van der Waals surface area contributed by atoms with Crippen LogP contribution in [0.25, 0.3) is 0 Å². The van der Waals surface area contributed by atoms with Gasteiger partial charge in [0.15, 0.2) is 0 Å². The molecule has 0 aromatic rings. The van der Waals surface area contributed by atoms with Gasteiger partial charge in [-0.1, -0.05) is 34.9 Å². The summed E-state index contributed by atoms with van der Waals surface area (Å²) >= 11 is 0. The summed E-state index contributed by atoms with van der Waals surface area (Å²) in [6.07, 6.45) is 4.46. The van der Waals surface area contributed by atoms with Crippen molar-refractivity contribution in [3.63, 3.8) is 0 Å². The van der Waals surface area contributed by atoms with Gasteiger partial charge >= 0.3 is 19.2 Å². The highest BCUT2D eigenvalue weighted by molar-refractivity contribution is 7.55. The normalized spacial score (nSPS) is 15.5. The first-order valence-electron chi connectivity index (χ1n) is 8.86. The molecule has 0 radical (unpaired) electrons. The van der Waals surface area contributed by atoms with Crippen molar-refractivity contribution in [3.05, 3.63) is 34.9 Å². The predicted molar refractivity (Wildman–Crippen MR) is 103 cm³/mol. The Bertz CT molecular complexity index is 630. The van der Waals surface area contributed by atoms with Gasteiger partial charge in [0, 0.05) is 14.2 Å². The molecular weight excluding hydrogens is 399 g/mol. The zero-order valence-electron chi connectivity index (χ0n) is 17.3. The van der Waals surface area contributed by atoms with Crippen molar-refractivity contribution in [2.24, 2.45) is 0 Å². The standard InChI is InChI=1S/C19H31F4O4P/c1-14(2)9-7-10-15(3)11-8-12-16(4)13-17(24)18(20,21)19(22,23)28(25,26-5)27-6/h9,11,13,17,24H,7-8,10,12H2,1-6H3. The Morgan fingerprint density at radius 1 is 0.964 bits per heavy atom. The van der Waals surface area contributed by atoms with Gasteiger partial charge in [-0.3, -0.25) is 4.57 Å². The van der Waals surface area contributed by atoms with E-state index in [0.717, 1.165) is 18.4 Å². The molecule has 4 nitrogen and oxygen atoms in total. The Balaban J connectivity index is 5.05. The highest BCUT2D eigenvalue weighted by Crippen LogP contribution is 2.66. The van der Waals surface area contributed by atoms with E-state index in [2.05, 4.69) is 15.1 Å². The first-order valence-corrected chi connectivity index (χ1v) is 10.4. The van der Waals surface area contributed by atoms with Crippen LogP contribution in [0, 0.1) is 0 Å². The lowest BCUT2D eigenvalue weighted by molar-refractivity contribution is -0.209. The lowest BCUT2D eigenvalue weighted by Gasteiger charge is -2.32. The Labute approximate surface area is 164 Å². The van der Waals surface area contributed by atoms with Crippen molar-refractivity contribution >= 4 is 7.60 Å². The molecule has 0 amide bonds. The molecule has 9 heteroatoms. The molecule has 28 heavy (non-hydrogen) atoms. The summed E-state index contributed by atoms with van der Waals surface area (Å²) in [6.45, 7) is 7.43. The minimum Gasteiger partial charge on any atom is -0.382 e. The number of aliphatic hydroxyl groups excluding tert-OH is 1. The highest BCUT2D eigenvalue weighted by atomic mass is 31.2. The van der Waals surface area contributed by atoms with Crippen LogP contribution in [0.2, 0.25) is 0 Å². The molecule has 0 aromatic heterocycles. The lowest BCUT2D eigenvalue weighted by Crippen LogP contribution is -2.49. The SMILES string of the molecule is COP(=O)(OC)C(F)(F)C(F)(F)C(O)C=C(C)CCC=C(C)CCC=C(C)C. The fourth-order valence-corrected chi connectivity index (χ4v) is 3.46. The number of allylic oxidation sites excluding steroid dienone is 5. The van der Waals surface area contributed by atoms with E-state index >= 15 is 0 Å². The molecule has 1 unspecified atom stereocenters. The van der Waals surface area contributed by atoms with E-state index in [-0.39, 0.29) is 0 Å². The summed E-state index contributed by atoms with van der Waals surface area (Å²) in [6, 6.07) is 0. The van der Waals surface area contributed by atoms with Gasteiger partial charge in [-0.2, -0.15) is 17.6 Å². The fourth-order valence-electron chi connectivity index (χ4n) is 2.36. The maximum Gasteiger partial charge on any atom is 0.410 e. The van der Waals surface area contributed by atoms with Gasteiger partial charge in [0.2, 0.25) is 0 Å². The van der Waals surface area contributed by atoms with E-state index in [0.29, 0.717) is 38.7 Å². The van der Waals surface area contributed by atoms with Crippen molar-refractivity contribution < 1.29 is 36.3 Å². The Kier molecular flexibility index (Phi) is 10.9. The zero-order valence-corrected chi connectivity index (χ0v) is 18.2. The Morgan fingerprint density at radius 3 is 1.89 bits per heavy atom. The molecule has 0 aromatic carbocycles. The second-order valence-electron chi connectivity index (χ2n) is 6.89. The molecule has 164 valence electrons. The third kappa shape index (κ3) is 7.14. The van der Waals surface area contributed by atoms with Crippen molar-refractivity contribution in [1.82, 2.24) is 0 Å². The van der Waals surface area contributed by atoms with Crippen LogP contribution >= 0.6 is 7.60 Å². The summed E-state index contributed by atoms with van der Waals surface area (Å²) in [7, 11) is -4.29. The molecule has 0 aliphatic heterocycles. The lowest BCUT2D eigenvalue weighted by atomic mass is 10.0. The molecular formula is C19H31F4O4P. The summed E-state index contributed by atoms with van der Waals surface area (Å²) in [5.74, 6) is -5.04. The van der Waals surface area contributed by atoms with Gasteiger partial charge in [-0.15, -0.1) is 0 Å². The maximum absolute atomic E-state index is 14.1. The van der Waals surface area contributed by atoms with Gasteiger partial charge in [0.05, 0.1) is 0 Å². The third-order valence-corrected chi connectivity index (χ3v) is 6.11. The second-order valence-corrected chi connectivity index (χ2v) is 9.18. The minimum absolute atomic E-state index is 0.306. The van der Waals surface area contributed by atoms with Crippen LogP contribution in [0.5, 0.6) is 0 Å². The molecule has 1 N–H and O–H groups in total. The van der Waals surface area contributed by atoms with E-state index < -0.39 is 25.3 Å². The monoisotopic (exact) mass is 430 g/mol. The Hall–Kier alpha value is -0.950. The van der Waals surface area contributed by atoms with Crippen LogP contribution in [0.1, 0.15) is 53.4 Å². The summed E-state index contributed by atoms with van der Waals surface area (Å²) in [5.41, 5.74) is -2.53. The van der Waals surface area contributed by atoms with Gasteiger partial charge in [-0.05, 0) is 53.4 Å². The summed E-state index contributed by atoms with van der Waals surface area (Å²) in [4.78, 5) is 0. The molecule has 0 heterocycles. The third-order valence-electron chi connectivity index (χ3n) is 4.16. The first-order chi connectivity index (χ1) is 12.7. The maximum atomic E-state index is 14.1. The van der Waals surface area contributed by atoms with Crippen LogP contribution in [0.3, 0.4) is 0 Å². The molecule has 0 aliphatic carbocycles. The van der Waals surface area contributed by atoms with Crippen LogP contribution in [-0.4, -0.2) is 37.0 Å². The average Bonchev–Trinajstić information content (AvgIpc) is 2.60. The summed E-state index contributed by atoms with van der Waals surface area (Å²) in [5, 5.41) is 9.65. The van der Waals surface area contributed by atoms with Crippen LogP contribution in [0.15, 0.2) is 34.9 Å². The van der Waals surface area contributed by atoms with Crippen molar-refractivity contribution in [2.45, 2.75) is 71.1 Å². The fraction of sp³-hybridized carbons (Fsp3) is 0.684. The molecule has 0 saturated carbocycles.